The zero-order valence-electron chi connectivity index (χ0n) is 12.7. The highest BCUT2D eigenvalue weighted by Crippen LogP contribution is 2.21. The lowest BCUT2D eigenvalue weighted by molar-refractivity contribution is 0.518. The van der Waals surface area contributed by atoms with Crippen molar-refractivity contribution in [3.05, 3.63) is 47.9 Å². The van der Waals surface area contributed by atoms with Crippen LogP contribution in [0.15, 0.2) is 47.9 Å². The third-order valence-electron chi connectivity index (χ3n) is 2.34. The minimum atomic E-state index is 0.937. The Kier molecular flexibility index (Phi) is 12.0. The molecule has 0 saturated heterocycles. The van der Waals surface area contributed by atoms with Crippen LogP contribution in [-0.4, -0.2) is 11.4 Å². The highest BCUT2D eigenvalue weighted by atomic mass is 15.1. The molecule has 0 bridgehead atoms. The van der Waals surface area contributed by atoms with E-state index in [0.29, 0.717) is 0 Å². The second-order valence-electron chi connectivity index (χ2n) is 3.28. The maximum atomic E-state index is 3.80. The van der Waals surface area contributed by atoms with Crippen LogP contribution in [0.4, 0.5) is 0 Å². The van der Waals surface area contributed by atoms with Gasteiger partial charge in [-0.3, -0.25) is 0 Å². The van der Waals surface area contributed by atoms with E-state index in [1.807, 2.05) is 33.9 Å². The fourth-order valence-electron chi connectivity index (χ4n) is 1.36. The molecule has 0 N–H and O–H groups in total. The molecule has 0 radical (unpaired) electrons. The summed E-state index contributed by atoms with van der Waals surface area (Å²) in [6.07, 6.45) is 8.40. The van der Waals surface area contributed by atoms with Gasteiger partial charge in [0.25, 0.3) is 0 Å². The molecule has 0 fully saturated rings. The molecule has 0 aliphatic carbocycles. The second kappa shape index (κ2) is 11.3. The molecule has 17 heavy (non-hydrogen) atoms. The van der Waals surface area contributed by atoms with Crippen molar-refractivity contribution in [1.82, 2.24) is 4.90 Å². The van der Waals surface area contributed by atoms with Gasteiger partial charge < -0.3 is 4.90 Å². The van der Waals surface area contributed by atoms with Crippen LogP contribution < -0.4 is 0 Å². The maximum absolute atomic E-state index is 3.80. The van der Waals surface area contributed by atoms with Gasteiger partial charge in [0.15, 0.2) is 0 Å². The van der Waals surface area contributed by atoms with Crippen LogP contribution in [0.3, 0.4) is 0 Å². The SMILES string of the molecule is C=CN1CC=C(C)C=C1/C(C)=C\C.CC.CC. The van der Waals surface area contributed by atoms with E-state index in [4.69, 9.17) is 0 Å². The first kappa shape index (κ1) is 18.1. The molecular weight excluding hydrogens is 206 g/mol. The molecule has 0 aromatic rings. The van der Waals surface area contributed by atoms with Gasteiger partial charge in [-0.1, -0.05) is 52.0 Å². The van der Waals surface area contributed by atoms with Crippen molar-refractivity contribution in [2.24, 2.45) is 0 Å². The van der Waals surface area contributed by atoms with Crippen LogP contribution in [-0.2, 0) is 0 Å². The number of allylic oxidation sites excluding steroid dienone is 4. The highest BCUT2D eigenvalue weighted by molar-refractivity contribution is 5.38. The van der Waals surface area contributed by atoms with Crippen molar-refractivity contribution in [2.45, 2.75) is 48.5 Å². The van der Waals surface area contributed by atoms with E-state index in [1.54, 1.807) is 0 Å². The molecule has 1 aliphatic rings. The molecule has 0 spiro atoms. The average molecular weight is 235 g/mol. The van der Waals surface area contributed by atoms with Crippen LogP contribution in [0.25, 0.3) is 0 Å². The Balaban J connectivity index is 0. The summed E-state index contributed by atoms with van der Waals surface area (Å²) in [5.41, 5.74) is 3.89. The largest absolute Gasteiger partial charge is 0.345 e. The van der Waals surface area contributed by atoms with E-state index in [9.17, 15) is 0 Å². The van der Waals surface area contributed by atoms with Crippen LogP contribution >= 0.6 is 0 Å². The molecule has 1 rings (SSSR count). The number of nitrogens with zero attached hydrogens (tertiary/aromatic N) is 1. The summed E-state index contributed by atoms with van der Waals surface area (Å²) in [5, 5.41) is 0. The van der Waals surface area contributed by atoms with Crippen molar-refractivity contribution >= 4 is 0 Å². The van der Waals surface area contributed by atoms with Gasteiger partial charge >= 0.3 is 0 Å². The van der Waals surface area contributed by atoms with Gasteiger partial charge in [0.2, 0.25) is 0 Å². The minimum absolute atomic E-state index is 0.937. The van der Waals surface area contributed by atoms with E-state index in [2.05, 4.69) is 50.5 Å². The van der Waals surface area contributed by atoms with Crippen LogP contribution in [0, 0.1) is 0 Å². The monoisotopic (exact) mass is 235 g/mol. The van der Waals surface area contributed by atoms with E-state index in [1.165, 1.54) is 16.8 Å². The van der Waals surface area contributed by atoms with Gasteiger partial charge in [-0.15, -0.1) is 0 Å². The molecule has 1 heterocycles. The van der Waals surface area contributed by atoms with Crippen molar-refractivity contribution in [3.8, 4) is 0 Å². The first-order valence-corrected chi connectivity index (χ1v) is 6.60. The molecule has 0 aromatic heterocycles. The average Bonchev–Trinajstić information content (AvgIpc) is 2.42. The van der Waals surface area contributed by atoms with Crippen LogP contribution in [0.2, 0.25) is 0 Å². The van der Waals surface area contributed by atoms with E-state index >= 15 is 0 Å². The Morgan fingerprint density at radius 2 is 1.82 bits per heavy atom. The summed E-state index contributed by atoms with van der Waals surface area (Å²) in [4.78, 5) is 2.16. The first-order chi connectivity index (χ1) is 8.19. The van der Waals surface area contributed by atoms with E-state index < -0.39 is 0 Å². The van der Waals surface area contributed by atoms with Gasteiger partial charge in [0.05, 0.1) is 0 Å². The normalized spacial score (nSPS) is 14.5. The second-order valence-corrected chi connectivity index (χ2v) is 3.28. The van der Waals surface area contributed by atoms with Crippen LogP contribution in [0.5, 0.6) is 0 Å². The molecule has 0 saturated carbocycles. The third-order valence-corrected chi connectivity index (χ3v) is 2.34. The summed E-state index contributed by atoms with van der Waals surface area (Å²) in [7, 11) is 0. The molecule has 0 atom stereocenters. The molecule has 0 unspecified atom stereocenters. The van der Waals surface area contributed by atoms with Crippen LogP contribution in [0.1, 0.15) is 48.5 Å². The summed E-state index contributed by atoms with van der Waals surface area (Å²) in [6, 6.07) is 0. The fraction of sp³-hybridized carbons (Fsp3) is 0.500. The summed E-state index contributed by atoms with van der Waals surface area (Å²) in [6.45, 7) is 19.1. The Bertz CT molecular complexity index is 293. The molecule has 1 nitrogen and oxygen atoms in total. The summed E-state index contributed by atoms with van der Waals surface area (Å²) < 4.78 is 0. The summed E-state index contributed by atoms with van der Waals surface area (Å²) in [5.74, 6) is 0. The Morgan fingerprint density at radius 3 is 2.24 bits per heavy atom. The van der Waals surface area contributed by atoms with E-state index in [-0.39, 0.29) is 0 Å². The zero-order chi connectivity index (χ0) is 13.8. The zero-order valence-corrected chi connectivity index (χ0v) is 12.7. The van der Waals surface area contributed by atoms with Gasteiger partial charge in [0, 0.05) is 12.2 Å². The predicted octanol–water partition coefficient (Wildman–Crippen LogP) is 5.29. The van der Waals surface area contributed by atoms with Crippen molar-refractivity contribution < 1.29 is 0 Å². The lowest BCUT2D eigenvalue weighted by Crippen LogP contribution is -2.20. The van der Waals surface area contributed by atoms with E-state index in [0.717, 1.165) is 6.54 Å². The number of hydrogen-bond donors (Lipinski definition) is 0. The Hall–Kier alpha value is -1.24. The number of hydrogen-bond acceptors (Lipinski definition) is 1. The molecule has 0 aromatic carbocycles. The number of rotatable bonds is 2. The topological polar surface area (TPSA) is 3.24 Å². The highest BCUT2D eigenvalue weighted by Gasteiger charge is 2.10. The molecule has 1 heteroatoms. The van der Waals surface area contributed by atoms with Crippen molar-refractivity contribution in [1.29, 1.82) is 0 Å². The maximum Gasteiger partial charge on any atom is 0.0437 e. The molecule has 1 aliphatic heterocycles. The van der Waals surface area contributed by atoms with Gasteiger partial charge in [-0.25, -0.2) is 0 Å². The molecular formula is C16H29N. The smallest absolute Gasteiger partial charge is 0.0437 e. The van der Waals surface area contributed by atoms with Gasteiger partial charge in [0.1, 0.15) is 0 Å². The first-order valence-electron chi connectivity index (χ1n) is 6.60. The standard InChI is InChI=1S/C12H17N.2C2H6/c1-5-11(4)12-9-10(3)7-8-13(12)6-2;2*1-2/h5-7,9H,2,8H2,1,3-4H3;2*1-2H3/b11-5-;;. The minimum Gasteiger partial charge on any atom is -0.345 e. The molecule has 0 amide bonds. The fourth-order valence-corrected chi connectivity index (χ4v) is 1.36. The summed E-state index contributed by atoms with van der Waals surface area (Å²) >= 11 is 0. The quantitative estimate of drug-likeness (QED) is 0.628. The Morgan fingerprint density at radius 1 is 1.29 bits per heavy atom. The lowest BCUT2D eigenvalue weighted by atomic mass is 10.1. The van der Waals surface area contributed by atoms with Gasteiger partial charge in [-0.05, 0) is 38.6 Å². The van der Waals surface area contributed by atoms with Crippen molar-refractivity contribution in [3.63, 3.8) is 0 Å². The van der Waals surface area contributed by atoms with Gasteiger partial charge in [-0.2, -0.15) is 0 Å². The predicted molar refractivity (Wildman–Crippen MR) is 80.9 cm³/mol. The Labute approximate surface area is 108 Å². The molecule has 98 valence electrons. The third kappa shape index (κ3) is 6.15. The lowest BCUT2D eigenvalue weighted by Gasteiger charge is -2.26. The van der Waals surface area contributed by atoms with Crippen molar-refractivity contribution in [2.75, 3.05) is 6.54 Å².